The van der Waals surface area contributed by atoms with Crippen LogP contribution < -0.4 is 4.74 Å². The van der Waals surface area contributed by atoms with Gasteiger partial charge in [-0.1, -0.05) is 49.7 Å². The first-order valence-corrected chi connectivity index (χ1v) is 11.9. The van der Waals surface area contributed by atoms with Crippen molar-refractivity contribution in [3.05, 3.63) is 64.7 Å². The highest BCUT2D eigenvalue weighted by molar-refractivity contribution is 6.30. The molecule has 2 aliphatic rings. The standard InChI is InChI=1S/C26H33ClN2O3/c1-19(2)18-31-23-10-6-21(7-11-23)17-29-24(16-20-4-8-22(27)9-5-20)26(32-25(29)30)12-14-28(3)15-13-26/h4-11,19,24H,12-18H2,1-3H3. The third-order valence-electron chi connectivity index (χ3n) is 6.54. The van der Waals surface area contributed by atoms with Crippen molar-refractivity contribution in [2.45, 2.75) is 51.3 Å². The van der Waals surface area contributed by atoms with Crippen LogP contribution in [0.3, 0.4) is 0 Å². The summed E-state index contributed by atoms with van der Waals surface area (Å²) in [5, 5.41) is 0.720. The fourth-order valence-corrected chi connectivity index (χ4v) is 4.74. The Morgan fingerprint density at radius 3 is 2.31 bits per heavy atom. The minimum atomic E-state index is -0.441. The van der Waals surface area contributed by atoms with Crippen LogP contribution in [0, 0.1) is 5.92 Å². The molecule has 172 valence electrons. The minimum absolute atomic E-state index is 0.0123. The summed E-state index contributed by atoms with van der Waals surface area (Å²) < 4.78 is 11.9. The summed E-state index contributed by atoms with van der Waals surface area (Å²) >= 11 is 6.09. The molecule has 6 heteroatoms. The first kappa shape index (κ1) is 22.9. The molecule has 1 amide bonds. The lowest BCUT2D eigenvalue weighted by Gasteiger charge is -2.40. The number of nitrogens with zero attached hydrogens (tertiary/aromatic N) is 2. The number of likely N-dealkylation sites (tertiary alicyclic amines) is 1. The highest BCUT2D eigenvalue weighted by atomic mass is 35.5. The monoisotopic (exact) mass is 456 g/mol. The number of amides is 1. The Labute approximate surface area is 196 Å². The Morgan fingerprint density at radius 2 is 1.69 bits per heavy atom. The zero-order chi connectivity index (χ0) is 22.7. The van der Waals surface area contributed by atoms with Crippen molar-refractivity contribution in [2.24, 2.45) is 5.92 Å². The van der Waals surface area contributed by atoms with Crippen LogP contribution in [0.4, 0.5) is 4.79 Å². The van der Waals surface area contributed by atoms with E-state index in [1.54, 1.807) is 0 Å². The largest absolute Gasteiger partial charge is 0.493 e. The molecule has 2 aromatic rings. The second-order valence-corrected chi connectivity index (χ2v) is 10.00. The topological polar surface area (TPSA) is 42.0 Å². The van der Waals surface area contributed by atoms with Crippen LogP contribution in [0.25, 0.3) is 0 Å². The molecule has 2 fully saturated rings. The van der Waals surface area contributed by atoms with Gasteiger partial charge in [0.05, 0.1) is 12.6 Å². The molecule has 0 aromatic heterocycles. The van der Waals surface area contributed by atoms with Crippen LogP contribution >= 0.6 is 11.6 Å². The number of ether oxygens (including phenoxy) is 2. The van der Waals surface area contributed by atoms with Crippen LogP contribution in [-0.4, -0.2) is 54.3 Å². The molecule has 0 radical (unpaired) electrons. The predicted octanol–water partition coefficient (Wildman–Crippen LogP) is 5.40. The van der Waals surface area contributed by atoms with E-state index >= 15 is 0 Å². The Bertz CT molecular complexity index is 906. The van der Waals surface area contributed by atoms with Crippen molar-refractivity contribution in [3.8, 4) is 5.75 Å². The summed E-state index contributed by atoms with van der Waals surface area (Å²) in [5.41, 5.74) is 1.80. The van der Waals surface area contributed by atoms with Gasteiger partial charge in [-0.25, -0.2) is 4.79 Å². The minimum Gasteiger partial charge on any atom is -0.493 e. The number of halogens is 1. The van der Waals surface area contributed by atoms with Gasteiger partial charge >= 0.3 is 6.09 Å². The van der Waals surface area contributed by atoms with Crippen LogP contribution in [0.1, 0.15) is 37.8 Å². The van der Waals surface area contributed by atoms with Crippen molar-refractivity contribution < 1.29 is 14.3 Å². The van der Waals surface area contributed by atoms with Gasteiger partial charge in [0, 0.05) is 37.5 Å². The normalized spacial score (nSPS) is 20.7. The average Bonchev–Trinajstić information content (AvgIpc) is 3.02. The van der Waals surface area contributed by atoms with Gasteiger partial charge in [-0.15, -0.1) is 0 Å². The molecule has 4 rings (SSSR count). The third kappa shape index (κ3) is 5.21. The number of piperidine rings is 1. The molecule has 2 saturated heterocycles. The fraction of sp³-hybridized carbons (Fsp3) is 0.500. The van der Waals surface area contributed by atoms with Gasteiger partial charge in [0.25, 0.3) is 0 Å². The van der Waals surface area contributed by atoms with E-state index in [4.69, 9.17) is 21.1 Å². The molecule has 0 aliphatic carbocycles. The van der Waals surface area contributed by atoms with Gasteiger partial charge in [0.1, 0.15) is 11.4 Å². The first-order valence-electron chi connectivity index (χ1n) is 11.5. The lowest BCUT2D eigenvalue weighted by molar-refractivity contribution is -0.0165. The SMILES string of the molecule is CC(C)COc1ccc(CN2C(=O)OC3(CCN(C)CC3)C2Cc2ccc(Cl)cc2)cc1. The molecule has 1 spiro atoms. The summed E-state index contributed by atoms with van der Waals surface area (Å²) in [7, 11) is 2.12. The lowest BCUT2D eigenvalue weighted by atomic mass is 9.81. The van der Waals surface area contributed by atoms with Gasteiger partial charge < -0.3 is 14.4 Å². The maximum atomic E-state index is 13.1. The van der Waals surface area contributed by atoms with E-state index in [1.165, 1.54) is 5.56 Å². The maximum absolute atomic E-state index is 13.1. The Morgan fingerprint density at radius 1 is 1.06 bits per heavy atom. The van der Waals surface area contributed by atoms with E-state index in [0.29, 0.717) is 19.1 Å². The van der Waals surface area contributed by atoms with Gasteiger partial charge in [-0.05, 0) is 54.8 Å². The van der Waals surface area contributed by atoms with Crippen molar-refractivity contribution in [2.75, 3.05) is 26.7 Å². The third-order valence-corrected chi connectivity index (χ3v) is 6.80. The molecule has 1 unspecified atom stereocenters. The molecular weight excluding hydrogens is 424 g/mol. The van der Waals surface area contributed by atoms with E-state index in [0.717, 1.165) is 48.7 Å². The van der Waals surface area contributed by atoms with Gasteiger partial charge in [-0.2, -0.15) is 0 Å². The maximum Gasteiger partial charge on any atom is 0.411 e. The Kier molecular flexibility index (Phi) is 6.96. The van der Waals surface area contributed by atoms with Crippen molar-refractivity contribution in [3.63, 3.8) is 0 Å². The van der Waals surface area contributed by atoms with Gasteiger partial charge in [-0.3, -0.25) is 4.90 Å². The van der Waals surface area contributed by atoms with Crippen molar-refractivity contribution in [1.82, 2.24) is 9.80 Å². The van der Waals surface area contributed by atoms with Crippen LogP contribution in [0.5, 0.6) is 5.75 Å². The molecule has 2 heterocycles. The second-order valence-electron chi connectivity index (χ2n) is 9.56. The van der Waals surface area contributed by atoms with E-state index in [1.807, 2.05) is 53.4 Å². The summed E-state index contributed by atoms with van der Waals surface area (Å²) in [6.07, 6.45) is 2.24. The number of carbonyl (C=O) groups excluding carboxylic acids is 1. The number of carbonyl (C=O) groups is 1. The number of hydrogen-bond acceptors (Lipinski definition) is 4. The number of benzene rings is 2. The summed E-state index contributed by atoms with van der Waals surface area (Å²) in [6, 6.07) is 16.0. The Hall–Kier alpha value is -2.24. The molecule has 2 aliphatic heterocycles. The van der Waals surface area contributed by atoms with Crippen LogP contribution in [0.2, 0.25) is 5.02 Å². The van der Waals surface area contributed by atoms with Gasteiger partial charge in [0.2, 0.25) is 0 Å². The average molecular weight is 457 g/mol. The Balaban J connectivity index is 1.54. The second kappa shape index (κ2) is 9.72. The smallest absolute Gasteiger partial charge is 0.411 e. The van der Waals surface area contributed by atoms with Crippen LogP contribution in [0.15, 0.2) is 48.5 Å². The highest BCUT2D eigenvalue weighted by Crippen LogP contribution is 2.41. The first-order chi connectivity index (χ1) is 15.3. The van der Waals surface area contributed by atoms with Gasteiger partial charge in [0.15, 0.2) is 0 Å². The lowest BCUT2D eigenvalue weighted by Crippen LogP contribution is -2.52. The van der Waals surface area contributed by atoms with Crippen molar-refractivity contribution in [1.29, 1.82) is 0 Å². The molecule has 0 N–H and O–H groups in total. The quantitative estimate of drug-likeness (QED) is 0.559. The van der Waals surface area contributed by atoms with E-state index in [2.05, 4.69) is 25.8 Å². The molecule has 0 saturated carbocycles. The number of hydrogen-bond donors (Lipinski definition) is 0. The number of rotatable bonds is 7. The summed E-state index contributed by atoms with van der Waals surface area (Å²) in [6.45, 7) is 7.34. The molecule has 0 bridgehead atoms. The zero-order valence-corrected chi connectivity index (χ0v) is 20.0. The highest BCUT2D eigenvalue weighted by Gasteiger charge is 2.54. The molecular formula is C26H33ClN2O3. The van der Waals surface area contributed by atoms with Crippen molar-refractivity contribution >= 4 is 17.7 Å². The predicted molar refractivity (Wildman–Crippen MR) is 127 cm³/mol. The van der Waals surface area contributed by atoms with E-state index < -0.39 is 5.60 Å². The summed E-state index contributed by atoms with van der Waals surface area (Å²) in [5.74, 6) is 1.34. The molecule has 32 heavy (non-hydrogen) atoms. The zero-order valence-electron chi connectivity index (χ0n) is 19.2. The van der Waals surface area contributed by atoms with E-state index in [9.17, 15) is 4.79 Å². The molecule has 2 aromatic carbocycles. The van der Waals surface area contributed by atoms with Crippen LogP contribution in [-0.2, 0) is 17.7 Å². The fourth-order valence-electron chi connectivity index (χ4n) is 4.61. The van der Waals surface area contributed by atoms with E-state index in [-0.39, 0.29) is 12.1 Å². The molecule has 1 atom stereocenters. The summed E-state index contributed by atoms with van der Waals surface area (Å²) in [4.78, 5) is 17.3. The molecule has 5 nitrogen and oxygen atoms in total.